The molecule has 5 heteroatoms. The van der Waals surface area contributed by atoms with E-state index in [1.54, 1.807) is 17.4 Å². The van der Waals surface area contributed by atoms with Gasteiger partial charge < -0.3 is 10.0 Å². The average Bonchev–Trinajstić information content (AvgIpc) is 2.72. The molecule has 0 bridgehead atoms. The highest BCUT2D eigenvalue weighted by molar-refractivity contribution is 7.16. The predicted octanol–water partition coefficient (Wildman–Crippen LogP) is 3.21. The smallest absolute Gasteiger partial charge is 0.328 e. The van der Waals surface area contributed by atoms with Crippen molar-refractivity contribution in [2.45, 2.75) is 33.6 Å². The molecule has 0 radical (unpaired) electrons. The van der Waals surface area contributed by atoms with Gasteiger partial charge in [-0.2, -0.15) is 0 Å². The fourth-order valence-electron chi connectivity index (χ4n) is 1.64. The summed E-state index contributed by atoms with van der Waals surface area (Å²) < 4.78 is 0. The SMILES string of the molecule is CCN(CC)c1nc(C(C)C)c(/C=C/C(=O)O)s1. The Bertz CT molecular complexity index is 434. The fraction of sp³-hybridized carbons (Fsp3) is 0.538. The van der Waals surface area contributed by atoms with Crippen molar-refractivity contribution in [1.29, 1.82) is 0 Å². The van der Waals surface area contributed by atoms with Gasteiger partial charge in [-0.05, 0) is 25.8 Å². The largest absolute Gasteiger partial charge is 0.478 e. The van der Waals surface area contributed by atoms with Crippen LogP contribution >= 0.6 is 11.3 Å². The summed E-state index contributed by atoms with van der Waals surface area (Å²) in [6.45, 7) is 10.1. The van der Waals surface area contributed by atoms with Gasteiger partial charge in [0.05, 0.1) is 10.6 Å². The summed E-state index contributed by atoms with van der Waals surface area (Å²) in [6.07, 6.45) is 2.81. The number of rotatable bonds is 6. The Kier molecular flexibility index (Phi) is 5.34. The highest BCUT2D eigenvalue weighted by Gasteiger charge is 2.15. The van der Waals surface area contributed by atoms with Crippen LogP contribution in [0.5, 0.6) is 0 Å². The molecule has 0 unspecified atom stereocenters. The molecule has 4 nitrogen and oxygen atoms in total. The molecule has 0 aliphatic heterocycles. The lowest BCUT2D eigenvalue weighted by atomic mass is 10.1. The molecule has 18 heavy (non-hydrogen) atoms. The Morgan fingerprint density at radius 2 is 2.06 bits per heavy atom. The predicted molar refractivity (Wildman–Crippen MR) is 76.4 cm³/mol. The summed E-state index contributed by atoms with van der Waals surface area (Å²) in [7, 11) is 0. The lowest BCUT2D eigenvalue weighted by Gasteiger charge is -2.16. The van der Waals surface area contributed by atoms with Gasteiger partial charge in [0.25, 0.3) is 0 Å². The van der Waals surface area contributed by atoms with Gasteiger partial charge in [0.1, 0.15) is 0 Å². The van der Waals surface area contributed by atoms with E-state index in [0.717, 1.165) is 28.8 Å². The number of carboxylic acids is 1. The van der Waals surface area contributed by atoms with Crippen LogP contribution in [0.1, 0.15) is 44.2 Å². The maximum Gasteiger partial charge on any atom is 0.328 e. The zero-order chi connectivity index (χ0) is 13.7. The monoisotopic (exact) mass is 268 g/mol. The Morgan fingerprint density at radius 3 is 2.50 bits per heavy atom. The third-order valence-electron chi connectivity index (χ3n) is 2.63. The van der Waals surface area contributed by atoms with Crippen LogP contribution in [0, 0.1) is 0 Å². The molecule has 100 valence electrons. The first-order valence-corrected chi connectivity index (χ1v) is 6.97. The third-order valence-corrected chi connectivity index (χ3v) is 3.73. The number of carbonyl (C=O) groups is 1. The zero-order valence-electron chi connectivity index (χ0n) is 11.3. The van der Waals surface area contributed by atoms with Crippen molar-refractivity contribution in [3.8, 4) is 0 Å². The molecule has 0 saturated heterocycles. The Labute approximate surface area is 112 Å². The molecule has 1 aromatic heterocycles. The van der Waals surface area contributed by atoms with Crippen LogP contribution in [-0.2, 0) is 4.79 Å². The van der Waals surface area contributed by atoms with E-state index in [1.807, 2.05) is 0 Å². The van der Waals surface area contributed by atoms with Crippen LogP contribution in [0.4, 0.5) is 5.13 Å². The standard InChI is InChI=1S/C13H20N2O2S/c1-5-15(6-2)13-14-12(9(3)4)10(18-13)7-8-11(16)17/h7-9H,5-6H2,1-4H3,(H,16,17)/b8-7+. The lowest BCUT2D eigenvalue weighted by molar-refractivity contribution is -0.131. The highest BCUT2D eigenvalue weighted by Crippen LogP contribution is 2.31. The molecule has 0 aromatic carbocycles. The molecule has 0 aliphatic rings. The normalized spacial score (nSPS) is 11.4. The molecule has 0 fully saturated rings. The van der Waals surface area contributed by atoms with Gasteiger partial charge in [-0.1, -0.05) is 25.2 Å². The van der Waals surface area contributed by atoms with Crippen molar-refractivity contribution in [2.24, 2.45) is 0 Å². The summed E-state index contributed by atoms with van der Waals surface area (Å²) in [5.41, 5.74) is 0.972. The summed E-state index contributed by atoms with van der Waals surface area (Å²) >= 11 is 1.55. The lowest BCUT2D eigenvalue weighted by Crippen LogP contribution is -2.21. The zero-order valence-corrected chi connectivity index (χ0v) is 12.1. The van der Waals surface area contributed by atoms with Crippen molar-refractivity contribution in [1.82, 2.24) is 4.98 Å². The van der Waals surface area contributed by atoms with Gasteiger partial charge >= 0.3 is 5.97 Å². The minimum Gasteiger partial charge on any atom is -0.478 e. The van der Waals surface area contributed by atoms with Gasteiger partial charge in [-0.3, -0.25) is 0 Å². The van der Waals surface area contributed by atoms with Crippen LogP contribution in [0.15, 0.2) is 6.08 Å². The molecule has 1 heterocycles. The summed E-state index contributed by atoms with van der Waals surface area (Å²) in [5.74, 6) is -0.637. The Balaban J connectivity index is 3.11. The van der Waals surface area contributed by atoms with Crippen LogP contribution < -0.4 is 4.90 Å². The van der Waals surface area contributed by atoms with Crippen LogP contribution in [0.3, 0.4) is 0 Å². The molecule has 0 spiro atoms. The number of hydrogen-bond acceptors (Lipinski definition) is 4. The van der Waals surface area contributed by atoms with E-state index in [1.165, 1.54) is 6.08 Å². The fourth-order valence-corrected chi connectivity index (χ4v) is 2.89. The number of aliphatic carboxylic acids is 1. The van der Waals surface area contributed by atoms with E-state index in [4.69, 9.17) is 5.11 Å². The second kappa shape index (κ2) is 6.54. The Hall–Kier alpha value is -1.36. The van der Waals surface area contributed by atoms with Crippen molar-refractivity contribution in [3.05, 3.63) is 16.6 Å². The first kappa shape index (κ1) is 14.7. The van der Waals surface area contributed by atoms with Gasteiger partial charge in [-0.25, -0.2) is 9.78 Å². The van der Waals surface area contributed by atoms with Crippen LogP contribution in [0.2, 0.25) is 0 Å². The molecular formula is C13H20N2O2S. The van der Waals surface area contributed by atoms with Crippen molar-refractivity contribution in [2.75, 3.05) is 18.0 Å². The molecule has 1 N–H and O–H groups in total. The van der Waals surface area contributed by atoms with E-state index in [9.17, 15) is 4.79 Å². The Morgan fingerprint density at radius 1 is 1.44 bits per heavy atom. The van der Waals surface area contributed by atoms with Crippen molar-refractivity contribution in [3.63, 3.8) is 0 Å². The second-order valence-corrected chi connectivity index (χ2v) is 5.25. The molecule has 1 rings (SSSR count). The molecule has 0 atom stereocenters. The third kappa shape index (κ3) is 3.57. The summed E-state index contributed by atoms with van der Waals surface area (Å²) in [5, 5.41) is 9.67. The van der Waals surface area contributed by atoms with Gasteiger partial charge in [0, 0.05) is 19.2 Å². The quantitative estimate of drug-likeness (QED) is 0.805. The van der Waals surface area contributed by atoms with E-state index >= 15 is 0 Å². The number of anilines is 1. The maximum absolute atomic E-state index is 10.6. The van der Waals surface area contributed by atoms with Gasteiger partial charge in [0.15, 0.2) is 5.13 Å². The van der Waals surface area contributed by atoms with Gasteiger partial charge in [-0.15, -0.1) is 0 Å². The molecule has 0 aliphatic carbocycles. The maximum atomic E-state index is 10.6. The molecule has 0 saturated carbocycles. The van der Waals surface area contributed by atoms with Crippen LogP contribution in [-0.4, -0.2) is 29.1 Å². The minimum atomic E-state index is -0.928. The van der Waals surface area contributed by atoms with Gasteiger partial charge in [0.2, 0.25) is 0 Å². The van der Waals surface area contributed by atoms with E-state index in [0.29, 0.717) is 5.92 Å². The molecule has 0 amide bonds. The first-order chi connectivity index (χ1) is 8.49. The van der Waals surface area contributed by atoms with E-state index in [-0.39, 0.29) is 0 Å². The van der Waals surface area contributed by atoms with Crippen molar-refractivity contribution >= 4 is 28.5 Å². The summed E-state index contributed by atoms with van der Waals surface area (Å²) in [6, 6.07) is 0. The minimum absolute atomic E-state index is 0.291. The number of nitrogens with zero attached hydrogens (tertiary/aromatic N) is 2. The number of hydrogen-bond donors (Lipinski definition) is 1. The molecule has 1 aromatic rings. The highest BCUT2D eigenvalue weighted by atomic mass is 32.1. The van der Waals surface area contributed by atoms with Crippen molar-refractivity contribution < 1.29 is 9.90 Å². The average molecular weight is 268 g/mol. The van der Waals surface area contributed by atoms with E-state index in [2.05, 4.69) is 37.6 Å². The topological polar surface area (TPSA) is 53.4 Å². The first-order valence-electron chi connectivity index (χ1n) is 6.16. The van der Waals surface area contributed by atoms with Crippen LogP contribution in [0.25, 0.3) is 6.08 Å². The summed E-state index contributed by atoms with van der Waals surface area (Å²) in [4.78, 5) is 18.3. The number of carboxylic acid groups (broad SMARTS) is 1. The van der Waals surface area contributed by atoms with E-state index < -0.39 is 5.97 Å². The second-order valence-electron chi connectivity index (χ2n) is 4.24. The molecular weight excluding hydrogens is 248 g/mol. The number of thiazole rings is 1. The number of aromatic nitrogens is 1.